The van der Waals surface area contributed by atoms with Gasteiger partial charge in [-0.05, 0) is 54.7 Å². The lowest BCUT2D eigenvalue weighted by atomic mass is 9.95. The second-order valence-corrected chi connectivity index (χ2v) is 12.7. The number of rotatable bonds is 13. The van der Waals surface area contributed by atoms with E-state index in [1.165, 1.54) is 11.3 Å². The molecule has 1 aliphatic carbocycles. The number of carbonyl (C=O) groups is 2. The molecule has 0 radical (unpaired) electrons. The molecule has 1 saturated carbocycles. The van der Waals surface area contributed by atoms with Crippen molar-refractivity contribution in [2.24, 2.45) is 0 Å². The van der Waals surface area contributed by atoms with Gasteiger partial charge in [-0.15, -0.1) is 0 Å². The number of carbonyl (C=O) groups excluding carboxylic acids is 2. The number of anilines is 1. The van der Waals surface area contributed by atoms with E-state index in [9.17, 15) is 18.0 Å². The minimum absolute atomic E-state index is 0.101. The molecule has 0 heterocycles. The predicted octanol–water partition coefficient (Wildman–Crippen LogP) is 5.29. The van der Waals surface area contributed by atoms with Crippen molar-refractivity contribution >= 4 is 27.5 Å². The monoisotopic (exact) mass is 591 g/mol. The fraction of sp³-hybridized carbons (Fsp3) is 0.394. The van der Waals surface area contributed by atoms with Crippen LogP contribution < -0.4 is 14.4 Å². The quantitative estimate of drug-likeness (QED) is 0.292. The predicted molar refractivity (Wildman–Crippen MR) is 165 cm³/mol. The van der Waals surface area contributed by atoms with Crippen molar-refractivity contribution in [3.05, 3.63) is 96.1 Å². The van der Waals surface area contributed by atoms with Crippen LogP contribution >= 0.6 is 0 Å². The van der Waals surface area contributed by atoms with Gasteiger partial charge in [0.25, 0.3) is 0 Å². The molecular weight excluding hydrogens is 550 g/mol. The first-order valence-corrected chi connectivity index (χ1v) is 16.5. The van der Waals surface area contributed by atoms with Gasteiger partial charge in [0.1, 0.15) is 24.9 Å². The molecule has 4 rings (SSSR count). The largest absolute Gasteiger partial charge is 0.489 e. The summed E-state index contributed by atoms with van der Waals surface area (Å²) in [5, 5.41) is 3.16. The number of ether oxygens (including phenoxy) is 1. The molecule has 0 spiro atoms. The normalized spacial score (nSPS) is 14.5. The number of hydrogen-bond acceptors (Lipinski definition) is 5. The van der Waals surface area contributed by atoms with Crippen molar-refractivity contribution in [3.63, 3.8) is 0 Å². The maximum absolute atomic E-state index is 13.9. The topological polar surface area (TPSA) is 96.0 Å². The Morgan fingerprint density at radius 3 is 2.05 bits per heavy atom. The van der Waals surface area contributed by atoms with Gasteiger partial charge in [0.15, 0.2) is 0 Å². The summed E-state index contributed by atoms with van der Waals surface area (Å²) in [4.78, 5) is 28.9. The van der Waals surface area contributed by atoms with E-state index >= 15 is 0 Å². The van der Waals surface area contributed by atoms with E-state index in [2.05, 4.69) is 5.32 Å². The highest BCUT2D eigenvalue weighted by Gasteiger charge is 2.32. The number of nitrogens with one attached hydrogen (secondary N) is 1. The zero-order valence-corrected chi connectivity index (χ0v) is 25.3. The van der Waals surface area contributed by atoms with E-state index in [-0.39, 0.29) is 18.5 Å². The van der Waals surface area contributed by atoms with E-state index in [1.54, 1.807) is 24.3 Å². The highest BCUT2D eigenvalue weighted by atomic mass is 32.2. The number of benzene rings is 3. The van der Waals surface area contributed by atoms with E-state index in [0.29, 0.717) is 24.5 Å². The van der Waals surface area contributed by atoms with Gasteiger partial charge in [0, 0.05) is 12.6 Å². The van der Waals surface area contributed by atoms with Crippen molar-refractivity contribution < 1.29 is 22.7 Å². The third-order valence-corrected chi connectivity index (χ3v) is 8.73. The first kappa shape index (κ1) is 31.1. The number of nitrogens with zero attached hydrogens (tertiary/aromatic N) is 2. The first-order valence-electron chi connectivity index (χ1n) is 14.6. The van der Waals surface area contributed by atoms with Gasteiger partial charge in [-0.25, -0.2) is 8.42 Å². The highest BCUT2D eigenvalue weighted by molar-refractivity contribution is 7.92. The maximum Gasteiger partial charge on any atom is 0.244 e. The van der Waals surface area contributed by atoms with Crippen LogP contribution in [0, 0.1) is 0 Å². The lowest BCUT2D eigenvalue weighted by Crippen LogP contribution is -2.53. The molecule has 9 heteroatoms. The van der Waals surface area contributed by atoms with Crippen LogP contribution in [0.2, 0.25) is 0 Å². The standard InChI is InChI=1S/C33H41N3O5S/c1-3-31(33(38)34-28-17-11-6-12-18-28)35(23-26-13-7-4-8-14-26)32(37)24-36(42(2,39)40)29-19-21-30(22-20-29)41-25-27-15-9-5-10-16-27/h4-5,7-10,13-16,19-22,28,31H,3,6,11-12,17-18,23-25H2,1-2H3,(H,34,38)/t31-/m0/s1. The fourth-order valence-corrected chi connectivity index (χ4v) is 6.16. The number of sulfonamides is 1. The Bertz CT molecular complexity index is 1390. The molecule has 0 unspecified atom stereocenters. The second-order valence-electron chi connectivity index (χ2n) is 10.8. The van der Waals surface area contributed by atoms with E-state index in [1.807, 2.05) is 67.6 Å². The second kappa shape index (κ2) is 14.9. The lowest BCUT2D eigenvalue weighted by Gasteiger charge is -2.34. The molecule has 1 atom stereocenters. The minimum Gasteiger partial charge on any atom is -0.489 e. The summed E-state index contributed by atoms with van der Waals surface area (Å²) in [5.41, 5.74) is 2.22. The molecular formula is C33H41N3O5S. The molecule has 0 bridgehead atoms. The highest BCUT2D eigenvalue weighted by Crippen LogP contribution is 2.24. The van der Waals surface area contributed by atoms with Crippen LogP contribution in [0.15, 0.2) is 84.9 Å². The number of hydrogen-bond donors (Lipinski definition) is 1. The van der Waals surface area contributed by atoms with E-state index in [4.69, 9.17) is 4.74 Å². The molecule has 0 aromatic heterocycles. The molecule has 3 aromatic carbocycles. The van der Waals surface area contributed by atoms with Gasteiger partial charge in [0.2, 0.25) is 21.8 Å². The Labute approximate surface area is 249 Å². The molecule has 0 saturated heterocycles. The van der Waals surface area contributed by atoms with Gasteiger partial charge in [-0.2, -0.15) is 0 Å². The fourth-order valence-electron chi connectivity index (χ4n) is 5.31. The van der Waals surface area contributed by atoms with Crippen LogP contribution in [0.5, 0.6) is 5.75 Å². The third kappa shape index (κ3) is 8.82. The smallest absolute Gasteiger partial charge is 0.244 e. The summed E-state index contributed by atoms with van der Waals surface area (Å²) in [6, 6.07) is 25.2. The van der Waals surface area contributed by atoms with Crippen molar-refractivity contribution in [1.29, 1.82) is 0 Å². The number of amides is 2. The molecule has 2 amide bonds. The van der Waals surface area contributed by atoms with Crippen LogP contribution in [0.4, 0.5) is 5.69 Å². The Kier molecular flexibility index (Phi) is 11.0. The minimum atomic E-state index is -3.82. The summed E-state index contributed by atoms with van der Waals surface area (Å²) in [6.07, 6.45) is 6.67. The van der Waals surface area contributed by atoms with E-state index < -0.39 is 28.5 Å². The van der Waals surface area contributed by atoms with E-state index in [0.717, 1.165) is 47.4 Å². The molecule has 1 fully saturated rings. The van der Waals surface area contributed by atoms with Gasteiger partial charge in [-0.3, -0.25) is 13.9 Å². The molecule has 224 valence electrons. The Morgan fingerprint density at radius 1 is 0.881 bits per heavy atom. The summed E-state index contributed by atoms with van der Waals surface area (Å²) in [6.45, 7) is 2.02. The lowest BCUT2D eigenvalue weighted by molar-refractivity contribution is -0.140. The summed E-state index contributed by atoms with van der Waals surface area (Å²) in [5.74, 6) is -0.0580. The molecule has 0 aliphatic heterocycles. The van der Waals surface area contributed by atoms with Gasteiger partial charge in [-0.1, -0.05) is 86.8 Å². The third-order valence-electron chi connectivity index (χ3n) is 7.59. The molecule has 8 nitrogen and oxygen atoms in total. The van der Waals surface area contributed by atoms with Crippen LogP contribution in [0.1, 0.15) is 56.6 Å². The van der Waals surface area contributed by atoms with Gasteiger partial charge in [0.05, 0.1) is 11.9 Å². The maximum atomic E-state index is 13.9. The summed E-state index contributed by atoms with van der Waals surface area (Å²) in [7, 11) is -3.82. The van der Waals surface area contributed by atoms with Crippen molar-refractivity contribution in [2.45, 2.75) is 70.7 Å². The van der Waals surface area contributed by atoms with Crippen LogP contribution in [0.3, 0.4) is 0 Å². The van der Waals surface area contributed by atoms with Crippen molar-refractivity contribution in [2.75, 3.05) is 17.1 Å². The summed E-state index contributed by atoms with van der Waals surface area (Å²) >= 11 is 0. The molecule has 1 N–H and O–H groups in total. The Balaban J connectivity index is 1.53. The first-order chi connectivity index (χ1) is 20.2. The Hall–Kier alpha value is -3.85. The Morgan fingerprint density at radius 2 is 1.48 bits per heavy atom. The average molecular weight is 592 g/mol. The van der Waals surface area contributed by atoms with Gasteiger partial charge < -0.3 is 15.0 Å². The zero-order valence-electron chi connectivity index (χ0n) is 24.4. The molecule has 42 heavy (non-hydrogen) atoms. The van der Waals surface area contributed by atoms with Crippen LogP contribution in [0.25, 0.3) is 0 Å². The van der Waals surface area contributed by atoms with Crippen LogP contribution in [-0.4, -0.2) is 50.0 Å². The average Bonchev–Trinajstić information content (AvgIpc) is 3.00. The SMILES string of the molecule is CC[C@@H](C(=O)NC1CCCCC1)N(Cc1ccccc1)C(=O)CN(c1ccc(OCc2ccccc2)cc1)S(C)(=O)=O. The van der Waals surface area contributed by atoms with Crippen molar-refractivity contribution in [3.8, 4) is 5.75 Å². The molecule has 3 aromatic rings. The van der Waals surface area contributed by atoms with Crippen LogP contribution in [-0.2, 0) is 32.8 Å². The van der Waals surface area contributed by atoms with Crippen molar-refractivity contribution in [1.82, 2.24) is 10.2 Å². The van der Waals surface area contributed by atoms with Gasteiger partial charge >= 0.3 is 0 Å². The zero-order chi connectivity index (χ0) is 30.0. The summed E-state index contributed by atoms with van der Waals surface area (Å²) < 4.78 is 32.8. The molecule has 1 aliphatic rings.